The summed E-state index contributed by atoms with van der Waals surface area (Å²) in [6, 6.07) is 0. The number of hydrogen-bond acceptors (Lipinski definition) is 1. The largest absolute Gasteiger partial charge is 0.481 e. The van der Waals surface area contributed by atoms with Crippen molar-refractivity contribution in [1.29, 1.82) is 0 Å². The summed E-state index contributed by atoms with van der Waals surface area (Å²) in [7, 11) is 0. The first-order valence-corrected chi connectivity index (χ1v) is 12.4. The maximum Gasteiger partial charge on any atom is 0.303 e. The van der Waals surface area contributed by atoms with Gasteiger partial charge in [0.1, 0.15) is 0 Å². The van der Waals surface area contributed by atoms with Crippen molar-refractivity contribution in [1.82, 2.24) is 0 Å². The van der Waals surface area contributed by atoms with Gasteiger partial charge in [-0.15, -0.1) is 0 Å². The Kier molecular flexibility index (Phi) is 6.87. The zero-order valence-electron chi connectivity index (χ0n) is 19.3. The molecule has 3 aliphatic carbocycles. The number of fused-ring (bicyclic) bond motifs is 3. The molecule has 0 amide bonds. The van der Waals surface area contributed by atoms with Crippen LogP contribution >= 0.6 is 0 Å². The maximum absolute atomic E-state index is 11.2. The number of rotatable bonds is 8. The van der Waals surface area contributed by atoms with Crippen LogP contribution in [0.2, 0.25) is 0 Å². The predicted octanol–water partition coefficient (Wildman–Crippen LogP) is 7.56. The first-order chi connectivity index (χ1) is 13.2. The highest BCUT2D eigenvalue weighted by molar-refractivity contribution is 5.66. The number of carboxylic acid groups (broad SMARTS) is 1. The van der Waals surface area contributed by atoms with Gasteiger partial charge in [0.15, 0.2) is 0 Å². The van der Waals surface area contributed by atoms with Crippen LogP contribution in [-0.2, 0) is 4.79 Å². The molecule has 0 bridgehead atoms. The number of hydrogen-bond donors (Lipinski definition) is 1. The Hall–Kier alpha value is -0.530. The third-order valence-corrected chi connectivity index (χ3v) is 9.73. The normalized spacial score (nSPS) is 41.5. The lowest BCUT2D eigenvalue weighted by Crippen LogP contribution is -2.49. The fourth-order valence-corrected chi connectivity index (χ4v) is 8.21. The van der Waals surface area contributed by atoms with Gasteiger partial charge >= 0.3 is 5.97 Å². The molecule has 0 aromatic heterocycles. The topological polar surface area (TPSA) is 37.3 Å². The lowest BCUT2D eigenvalue weighted by Gasteiger charge is -2.57. The van der Waals surface area contributed by atoms with Gasteiger partial charge in [-0.2, -0.15) is 0 Å². The van der Waals surface area contributed by atoms with Gasteiger partial charge in [-0.1, -0.05) is 60.3 Å². The van der Waals surface area contributed by atoms with E-state index in [0.29, 0.717) is 11.8 Å². The van der Waals surface area contributed by atoms with Crippen LogP contribution in [0.1, 0.15) is 112 Å². The molecule has 0 heterocycles. The minimum absolute atomic E-state index is 0.267. The Bertz CT molecular complexity index is 541. The van der Waals surface area contributed by atoms with Gasteiger partial charge in [0, 0.05) is 6.42 Å². The number of carbonyl (C=O) groups is 1. The molecule has 28 heavy (non-hydrogen) atoms. The Labute approximate surface area is 174 Å². The van der Waals surface area contributed by atoms with E-state index in [1.165, 1.54) is 64.2 Å². The summed E-state index contributed by atoms with van der Waals surface area (Å²) in [6.07, 6.45) is 15.0. The average molecular weight is 391 g/mol. The molecule has 1 N–H and O–H groups in total. The van der Waals surface area contributed by atoms with E-state index in [4.69, 9.17) is 0 Å². The molecule has 0 saturated heterocycles. The summed E-state index contributed by atoms with van der Waals surface area (Å²) in [4.78, 5) is 11.2. The fourth-order valence-electron chi connectivity index (χ4n) is 8.21. The molecule has 0 spiro atoms. The summed E-state index contributed by atoms with van der Waals surface area (Å²) in [5.74, 6) is 4.53. The second-order valence-corrected chi connectivity index (χ2v) is 11.8. The Morgan fingerprint density at radius 3 is 2.43 bits per heavy atom. The summed E-state index contributed by atoms with van der Waals surface area (Å²) >= 11 is 0. The smallest absolute Gasteiger partial charge is 0.303 e. The van der Waals surface area contributed by atoms with Crippen LogP contribution in [0, 0.1) is 46.3 Å². The summed E-state index contributed by atoms with van der Waals surface area (Å²) in [6.45, 7) is 12.3. The zero-order valence-corrected chi connectivity index (χ0v) is 19.3. The predicted molar refractivity (Wildman–Crippen MR) is 117 cm³/mol. The van der Waals surface area contributed by atoms with Crippen molar-refractivity contribution in [3.05, 3.63) is 0 Å². The van der Waals surface area contributed by atoms with Crippen LogP contribution in [-0.4, -0.2) is 11.1 Å². The van der Waals surface area contributed by atoms with Gasteiger partial charge in [0.05, 0.1) is 0 Å². The summed E-state index contributed by atoms with van der Waals surface area (Å²) in [5, 5.41) is 9.25. The van der Waals surface area contributed by atoms with Crippen molar-refractivity contribution in [2.45, 2.75) is 112 Å². The minimum atomic E-state index is -0.611. The van der Waals surface area contributed by atoms with Gasteiger partial charge < -0.3 is 5.11 Å². The molecule has 2 heteroatoms. The van der Waals surface area contributed by atoms with Crippen molar-refractivity contribution in [2.24, 2.45) is 46.3 Å². The van der Waals surface area contributed by atoms with E-state index in [2.05, 4.69) is 34.6 Å². The molecular weight excluding hydrogens is 344 g/mol. The standard InChI is InChI=1S/C26H46O2/c1-18(2)8-6-9-19(3)21-11-12-23-20-10-7-15-25(4,16-14-24(27)28)22(20)13-17-26(21,23)5/h18-23H,6-17H2,1-5H3,(H,27,28)/t19-,20+,21-,22-,23+,25+,26-/m0/s1. The fraction of sp³-hybridized carbons (Fsp3) is 0.962. The van der Waals surface area contributed by atoms with Crippen molar-refractivity contribution in [3.63, 3.8) is 0 Å². The molecule has 2 nitrogen and oxygen atoms in total. The molecule has 7 atom stereocenters. The molecule has 3 aliphatic rings. The quantitative estimate of drug-likeness (QED) is 0.464. The molecule has 0 unspecified atom stereocenters. The van der Waals surface area contributed by atoms with E-state index in [1.807, 2.05) is 0 Å². The van der Waals surface area contributed by atoms with Gasteiger partial charge in [-0.25, -0.2) is 0 Å². The summed E-state index contributed by atoms with van der Waals surface area (Å²) < 4.78 is 0. The van der Waals surface area contributed by atoms with Crippen LogP contribution in [0.15, 0.2) is 0 Å². The molecule has 3 saturated carbocycles. The first kappa shape index (κ1) is 22.2. The molecule has 0 aromatic rings. The molecule has 3 rings (SSSR count). The van der Waals surface area contributed by atoms with Crippen molar-refractivity contribution in [2.75, 3.05) is 0 Å². The molecule has 0 radical (unpaired) electrons. The third-order valence-electron chi connectivity index (χ3n) is 9.73. The molecule has 3 fully saturated rings. The number of carboxylic acids is 1. The highest BCUT2D eigenvalue weighted by Crippen LogP contribution is 2.66. The molecular formula is C26H46O2. The second-order valence-electron chi connectivity index (χ2n) is 11.8. The Balaban J connectivity index is 1.68. The van der Waals surface area contributed by atoms with Crippen LogP contribution in [0.3, 0.4) is 0 Å². The Morgan fingerprint density at radius 2 is 1.75 bits per heavy atom. The lowest BCUT2D eigenvalue weighted by atomic mass is 9.48. The molecule has 0 aromatic carbocycles. The summed E-state index contributed by atoms with van der Waals surface area (Å²) in [5.41, 5.74) is 0.813. The van der Waals surface area contributed by atoms with E-state index in [9.17, 15) is 9.90 Å². The Morgan fingerprint density at radius 1 is 1.00 bits per heavy atom. The zero-order chi connectivity index (χ0) is 20.5. The van der Waals surface area contributed by atoms with Crippen molar-refractivity contribution < 1.29 is 9.90 Å². The third kappa shape index (κ3) is 4.31. The number of aliphatic carboxylic acids is 1. The van der Waals surface area contributed by atoms with Gasteiger partial charge in [-0.3, -0.25) is 4.79 Å². The van der Waals surface area contributed by atoms with E-state index in [0.717, 1.165) is 41.9 Å². The first-order valence-electron chi connectivity index (χ1n) is 12.4. The monoisotopic (exact) mass is 390 g/mol. The molecule has 162 valence electrons. The lowest BCUT2D eigenvalue weighted by molar-refractivity contribution is -0.139. The van der Waals surface area contributed by atoms with E-state index in [1.54, 1.807) is 0 Å². The van der Waals surface area contributed by atoms with E-state index < -0.39 is 5.97 Å². The minimum Gasteiger partial charge on any atom is -0.481 e. The van der Waals surface area contributed by atoms with Gasteiger partial charge in [-0.05, 0) is 91.3 Å². The van der Waals surface area contributed by atoms with E-state index >= 15 is 0 Å². The van der Waals surface area contributed by atoms with Crippen LogP contribution in [0.25, 0.3) is 0 Å². The second kappa shape index (κ2) is 8.68. The highest BCUT2D eigenvalue weighted by Gasteiger charge is 2.58. The SMILES string of the molecule is CC(C)CCC[C@H](C)[C@@H]1CC[C@@H]2[C@@H]3CCC[C@](C)(CCC(=O)O)[C@H]3CC[C@]21C. The van der Waals surface area contributed by atoms with Crippen LogP contribution < -0.4 is 0 Å². The van der Waals surface area contributed by atoms with Crippen LogP contribution in [0.4, 0.5) is 0 Å². The van der Waals surface area contributed by atoms with E-state index in [-0.39, 0.29) is 5.41 Å². The highest BCUT2D eigenvalue weighted by atomic mass is 16.4. The van der Waals surface area contributed by atoms with Crippen molar-refractivity contribution in [3.8, 4) is 0 Å². The average Bonchev–Trinajstić information content (AvgIpc) is 2.97. The van der Waals surface area contributed by atoms with Gasteiger partial charge in [0.2, 0.25) is 0 Å². The molecule has 0 aliphatic heterocycles. The van der Waals surface area contributed by atoms with Crippen molar-refractivity contribution >= 4 is 5.97 Å². The van der Waals surface area contributed by atoms with Crippen LogP contribution in [0.5, 0.6) is 0 Å². The van der Waals surface area contributed by atoms with Gasteiger partial charge in [0.25, 0.3) is 0 Å². The maximum atomic E-state index is 11.2.